The van der Waals surface area contributed by atoms with Crippen molar-refractivity contribution in [2.24, 2.45) is 0 Å². The fraction of sp³-hybridized carbons (Fsp3) is 0.172. The van der Waals surface area contributed by atoms with E-state index < -0.39 is 44.0 Å². The number of rotatable bonds is 22. The molecule has 0 N–H and O–H groups in total. The van der Waals surface area contributed by atoms with Gasteiger partial charge in [-0.25, -0.2) is 9.97 Å². The Morgan fingerprint density at radius 1 is 0.315 bits per heavy atom. The van der Waals surface area contributed by atoms with Gasteiger partial charge in [-0.05, 0) is 230 Å². The Labute approximate surface area is 749 Å². The van der Waals surface area contributed by atoms with Gasteiger partial charge in [0, 0.05) is 48.4 Å². The van der Waals surface area contributed by atoms with Gasteiger partial charge in [0.15, 0.2) is 0 Å². The molecule has 2 aliphatic carbocycles. The molecule has 0 aliphatic heterocycles. The summed E-state index contributed by atoms with van der Waals surface area (Å²) in [6.07, 6.45) is -3.58. The van der Waals surface area contributed by atoms with Crippen molar-refractivity contribution in [3.05, 3.63) is 397 Å². The summed E-state index contributed by atoms with van der Waals surface area (Å²) in [5.74, 6) is 0.604. The molecule has 0 saturated heterocycles. The van der Waals surface area contributed by atoms with Crippen LogP contribution in [0.3, 0.4) is 0 Å². The average Bonchev–Trinajstić information content (AvgIpc) is 1.50. The lowest BCUT2D eigenvalue weighted by molar-refractivity contribution is -0.137. The normalized spacial score (nSPS) is 14.3. The van der Waals surface area contributed by atoms with Crippen LogP contribution in [-0.4, -0.2) is 42.3 Å². The molecule has 20 rings (SSSR count). The van der Waals surface area contributed by atoms with Crippen LogP contribution in [0.1, 0.15) is 61.1 Å². The number of fused-ring (bicyclic) bond motifs is 14. The zero-order valence-electron chi connectivity index (χ0n) is 74.3. The van der Waals surface area contributed by atoms with Crippen LogP contribution in [0.2, 0.25) is 76.0 Å². The summed E-state index contributed by atoms with van der Waals surface area (Å²) in [5, 5.41) is 10.9. The first kappa shape index (κ1) is 82.6. The maximum atomic E-state index is 14.9. The Kier molecular flexibility index (Phi) is 20.9. The monoisotopic (exact) mass is 1720 g/mol. The van der Waals surface area contributed by atoms with E-state index in [-0.39, 0.29) is 9.32 Å². The van der Waals surface area contributed by atoms with Crippen LogP contribution < -0.4 is 9.80 Å². The molecule has 1 atom stereocenters. The molecule has 127 heavy (non-hydrogen) atoms. The van der Waals surface area contributed by atoms with Crippen molar-refractivity contribution in [1.29, 1.82) is 0 Å². The number of halogens is 3. The second-order valence-corrected chi connectivity index (χ2v) is 59.7. The Bertz CT molecular complexity index is 7250. The number of benzene rings is 17. The Morgan fingerprint density at radius 2 is 0.803 bits per heavy atom. The van der Waals surface area contributed by atoms with Gasteiger partial charge in [-0.2, -0.15) is 13.2 Å². The number of anilines is 6. The molecule has 0 amide bonds. The van der Waals surface area contributed by atoms with Crippen molar-refractivity contribution in [1.82, 2.24) is 9.97 Å². The molecule has 0 saturated carbocycles. The lowest BCUT2D eigenvalue weighted by atomic mass is 9.88. The van der Waals surface area contributed by atoms with Crippen LogP contribution in [0, 0.1) is 0 Å². The second-order valence-electron chi connectivity index (χ2n) is 37.7. The number of nitrogens with zero attached hydrogens (tertiary/aromatic N) is 4. The van der Waals surface area contributed by atoms with E-state index in [2.05, 4.69) is 423 Å². The van der Waals surface area contributed by atoms with E-state index in [0.717, 1.165) is 109 Å². The number of hydrogen-bond donors (Lipinski definition) is 0. The van der Waals surface area contributed by atoms with Gasteiger partial charge in [-0.15, -0.1) is 0 Å². The Balaban J connectivity index is 0.696. The van der Waals surface area contributed by atoms with Crippen molar-refractivity contribution in [3.8, 4) is 78.0 Å². The molecule has 0 spiro atoms. The zero-order valence-corrected chi connectivity index (χ0v) is 78.3. The minimum atomic E-state index is -4.52. The molecule has 1 heterocycles. The highest BCUT2D eigenvalue weighted by molar-refractivity contribution is 7.02. The first-order chi connectivity index (χ1) is 61.5. The SMILES string of the molecule is CC[Si](C)(CC)C1([Si](CC)(CC)CCc2cccc(-c3ccc(N(c4ccc(C(F)(F)F)cc4)c4cc5c(c6ccccc46)-c4cc6c(-c7ccccc7)ccc(-c7ccccc7)c6cc4C5([Si](C)(C)C)[Si](C)(C)C)cc3)c2)c2ccc3ccccc3c2-c2cc(-c3ccc(N(c4ccccc4)c4nc(-c5ccccc5)c5ccccc5n4)cc3)c3ccccc3c21. The molecule has 17 aromatic carbocycles. The highest BCUT2D eigenvalue weighted by atomic mass is 28.4. The van der Waals surface area contributed by atoms with Gasteiger partial charge in [-0.1, -0.05) is 377 Å². The van der Waals surface area contributed by atoms with Gasteiger partial charge in [0.2, 0.25) is 5.95 Å². The van der Waals surface area contributed by atoms with E-state index in [1.807, 2.05) is 0 Å². The standard InChI is InChI=1S/C116H105F3N4Si4/c1-12-126(11,13-2)115(104-70-59-82-42-28-29-48-93(82)109(104)103-74-99(94-49-30-33-52-97(94)111(103)115)83-57-64-90(65-58-83)123(87-46-26-19-27-47-87)113-120-107-54-35-34-53-98(107)112(121-113)84-43-24-18-25-44-84)127(14-3,15-4)72-71-78-37-36-45-85(73-78)79-55-62-88(63-56-79)122(89-66-60-86(61-67-89)116(117,118)119)108-77-106-110(96-51-32-31-50-95(96)108)102-75-100-91(80-38-20-16-21-39-80)68-69-92(81-40-22-17-23-41-81)101(100)76-105(102)114(106,124(5,6)7)125(8,9)10/h16-70,73-77H,12-15,71-72H2,1-11H3. The van der Waals surface area contributed by atoms with Crippen molar-refractivity contribution in [2.75, 3.05) is 9.80 Å². The smallest absolute Gasteiger partial charge is 0.310 e. The molecule has 1 aromatic heterocycles. The van der Waals surface area contributed by atoms with E-state index in [1.165, 1.54) is 111 Å². The van der Waals surface area contributed by atoms with E-state index in [0.29, 0.717) is 11.6 Å². The van der Waals surface area contributed by atoms with Crippen molar-refractivity contribution in [2.45, 2.75) is 126 Å². The Morgan fingerprint density at radius 3 is 1.40 bits per heavy atom. The van der Waals surface area contributed by atoms with Crippen LogP contribution in [0.15, 0.2) is 364 Å². The molecule has 2 aliphatic rings. The van der Waals surface area contributed by atoms with Crippen LogP contribution >= 0.6 is 0 Å². The quantitative estimate of drug-likeness (QED) is 0.0633. The lowest BCUT2D eigenvalue weighted by Crippen LogP contribution is -2.69. The van der Waals surface area contributed by atoms with Gasteiger partial charge >= 0.3 is 6.18 Å². The number of alkyl halides is 3. The lowest BCUT2D eigenvalue weighted by Gasteiger charge is -2.58. The van der Waals surface area contributed by atoms with Crippen molar-refractivity contribution < 1.29 is 13.2 Å². The molecular formula is C116H105F3N4Si4. The summed E-state index contributed by atoms with van der Waals surface area (Å²) in [5.41, 5.74) is 28.4. The number of aromatic nitrogens is 2. The predicted molar refractivity (Wildman–Crippen MR) is 544 cm³/mol. The van der Waals surface area contributed by atoms with Crippen LogP contribution in [0.4, 0.5) is 47.6 Å². The first-order valence-corrected chi connectivity index (χ1v) is 57.9. The minimum absolute atomic E-state index is 0.183. The topological polar surface area (TPSA) is 32.3 Å². The maximum Gasteiger partial charge on any atom is 0.416 e. The van der Waals surface area contributed by atoms with Crippen LogP contribution in [0.5, 0.6) is 0 Å². The molecule has 0 bridgehead atoms. The van der Waals surface area contributed by atoms with E-state index in [1.54, 1.807) is 23.3 Å². The number of hydrogen-bond acceptors (Lipinski definition) is 4. The predicted octanol–water partition coefficient (Wildman–Crippen LogP) is 33.8. The summed E-state index contributed by atoms with van der Waals surface area (Å²) in [4.78, 5) is 15.2. The average molecular weight is 1720 g/mol. The summed E-state index contributed by atoms with van der Waals surface area (Å²) >= 11 is 0. The van der Waals surface area contributed by atoms with Crippen LogP contribution in [-0.2, 0) is 21.9 Å². The largest absolute Gasteiger partial charge is 0.416 e. The third-order valence-electron chi connectivity index (χ3n) is 29.6. The molecular weight excluding hydrogens is 1620 g/mol. The fourth-order valence-electron chi connectivity index (χ4n) is 23.9. The third kappa shape index (κ3) is 13.3. The molecule has 0 fully saturated rings. The van der Waals surface area contributed by atoms with Crippen molar-refractivity contribution in [3.63, 3.8) is 0 Å². The van der Waals surface area contributed by atoms with Gasteiger partial charge in [0.1, 0.15) is 0 Å². The maximum absolute atomic E-state index is 14.9. The molecule has 11 heteroatoms. The van der Waals surface area contributed by atoms with Gasteiger partial charge < -0.3 is 4.90 Å². The van der Waals surface area contributed by atoms with E-state index >= 15 is 0 Å². The van der Waals surface area contributed by atoms with E-state index in [4.69, 9.17) is 9.97 Å². The first-order valence-electron chi connectivity index (χ1n) is 45.4. The zero-order chi connectivity index (χ0) is 87.5. The van der Waals surface area contributed by atoms with Gasteiger partial charge in [0.25, 0.3) is 0 Å². The van der Waals surface area contributed by atoms with Gasteiger partial charge in [0.05, 0.1) is 54.8 Å². The fourth-order valence-corrected chi connectivity index (χ4v) is 52.8. The summed E-state index contributed by atoms with van der Waals surface area (Å²) in [6.45, 7) is 28.4. The summed E-state index contributed by atoms with van der Waals surface area (Å²) < 4.78 is 44.1. The number of aryl methyl sites for hydroxylation is 1. The second kappa shape index (κ2) is 32.0. The Hall–Kier alpha value is -12.6. The van der Waals surface area contributed by atoms with Crippen molar-refractivity contribution >= 4 is 121 Å². The third-order valence-corrected chi connectivity index (χ3v) is 54.5. The molecule has 1 unspecified atom stereocenters. The highest BCUT2D eigenvalue weighted by Crippen LogP contribution is 2.67. The minimum Gasteiger partial charge on any atom is -0.310 e. The molecule has 0 radical (unpaired) electrons. The highest BCUT2D eigenvalue weighted by Gasteiger charge is 2.66. The van der Waals surface area contributed by atoms with Crippen LogP contribution in [0.25, 0.3) is 132 Å². The molecule has 4 nitrogen and oxygen atoms in total. The summed E-state index contributed by atoms with van der Waals surface area (Å²) in [7, 11) is -9.73. The number of para-hydroxylation sites is 2. The molecule has 626 valence electrons. The van der Waals surface area contributed by atoms with E-state index in [9.17, 15) is 13.2 Å². The summed E-state index contributed by atoms with van der Waals surface area (Å²) in [6, 6.07) is 137. The molecule has 18 aromatic rings. The van der Waals surface area contributed by atoms with Gasteiger partial charge in [-0.3, -0.25) is 4.90 Å².